The predicted molar refractivity (Wildman–Crippen MR) is 94.4 cm³/mol. The highest BCUT2D eigenvalue weighted by molar-refractivity contribution is 5.93. The number of hydrogen-bond donors (Lipinski definition) is 3. The fourth-order valence-corrected chi connectivity index (χ4v) is 2.75. The summed E-state index contributed by atoms with van der Waals surface area (Å²) in [6.45, 7) is 1.96. The molecule has 0 atom stereocenters. The van der Waals surface area contributed by atoms with Crippen LogP contribution in [0.4, 0.5) is 0 Å². The van der Waals surface area contributed by atoms with Crippen LogP contribution >= 0.6 is 0 Å². The van der Waals surface area contributed by atoms with Crippen LogP contribution in [0.5, 0.6) is 5.75 Å². The highest BCUT2D eigenvalue weighted by Gasteiger charge is 2.15. The van der Waals surface area contributed by atoms with Gasteiger partial charge in [-0.05, 0) is 19.1 Å². The lowest BCUT2D eigenvalue weighted by Crippen LogP contribution is -2.31. The van der Waals surface area contributed by atoms with Crippen LogP contribution in [0, 0.1) is 6.92 Å². The van der Waals surface area contributed by atoms with E-state index in [2.05, 4.69) is 25.4 Å². The summed E-state index contributed by atoms with van der Waals surface area (Å²) in [5, 5.41) is 5.54. The summed E-state index contributed by atoms with van der Waals surface area (Å²) >= 11 is 0. The Bertz CT molecular complexity index is 1190. The van der Waals surface area contributed by atoms with Crippen LogP contribution in [0.25, 0.3) is 16.7 Å². The quantitative estimate of drug-likeness (QED) is 0.509. The largest absolute Gasteiger partial charge is 0.497 e. The van der Waals surface area contributed by atoms with E-state index in [-0.39, 0.29) is 12.1 Å². The number of imidazole rings is 1. The van der Waals surface area contributed by atoms with Crippen LogP contribution < -0.4 is 15.6 Å². The lowest BCUT2D eigenvalue weighted by molar-refractivity contribution is 0.0948. The summed E-state index contributed by atoms with van der Waals surface area (Å²) in [4.78, 5) is 36.4. The van der Waals surface area contributed by atoms with E-state index in [1.165, 1.54) is 10.7 Å². The summed E-state index contributed by atoms with van der Waals surface area (Å²) in [5.74, 6) is 0.777. The highest BCUT2D eigenvalue weighted by atomic mass is 16.5. The zero-order chi connectivity index (χ0) is 18.3. The molecule has 0 spiro atoms. The van der Waals surface area contributed by atoms with Gasteiger partial charge in [0.25, 0.3) is 11.5 Å². The molecule has 1 amide bonds. The maximum atomic E-state index is 12.4. The second-order valence-electron chi connectivity index (χ2n) is 5.86. The van der Waals surface area contributed by atoms with Crippen LogP contribution in [0.3, 0.4) is 0 Å². The molecule has 0 saturated heterocycles. The van der Waals surface area contributed by atoms with E-state index in [1.54, 1.807) is 13.2 Å². The molecule has 4 rings (SSSR count). The third-order valence-electron chi connectivity index (χ3n) is 4.02. The Morgan fingerprint density at radius 2 is 2.19 bits per heavy atom. The number of hydrogen-bond acceptors (Lipinski definition) is 5. The van der Waals surface area contributed by atoms with Gasteiger partial charge in [-0.2, -0.15) is 0 Å². The maximum absolute atomic E-state index is 12.4. The van der Waals surface area contributed by atoms with Crippen molar-refractivity contribution in [1.29, 1.82) is 0 Å². The van der Waals surface area contributed by atoms with Crippen LogP contribution in [0.15, 0.2) is 35.3 Å². The second-order valence-corrected chi connectivity index (χ2v) is 5.86. The van der Waals surface area contributed by atoms with Gasteiger partial charge in [-0.15, -0.1) is 0 Å². The van der Waals surface area contributed by atoms with E-state index in [4.69, 9.17) is 4.74 Å². The Morgan fingerprint density at radius 3 is 3.00 bits per heavy atom. The molecule has 9 nitrogen and oxygen atoms in total. The molecule has 0 aliphatic heterocycles. The average Bonchev–Trinajstić information content (AvgIpc) is 3.22. The SMILES string of the molecule is COc1ccc2nc(CNC(=O)c3cnc4cc(C)[nH]n4c3=O)[nH]c2c1. The van der Waals surface area contributed by atoms with Gasteiger partial charge in [-0.25, -0.2) is 14.5 Å². The molecule has 0 aliphatic rings. The number of rotatable bonds is 4. The van der Waals surface area contributed by atoms with Crippen molar-refractivity contribution in [2.45, 2.75) is 13.5 Å². The number of methoxy groups -OCH3 is 1. The lowest BCUT2D eigenvalue weighted by Gasteiger charge is -2.03. The lowest BCUT2D eigenvalue weighted by atomic mass is 10.3. The number of aromatic nitrogens is 5. The van der Waals surface area contributed by atoms with Crippen molar-refractivity contribution in [3.63, 3.8) is 0 Å². The van der Waals surface area contributed by atoms with Crippen LogP contribution in [0.2, 0.25) is 0 Å². The minimum absolute atomic E-state index is 0.0397. The van der Waals surface area contributed by atoms with Gasteiger partial charge >= 0.3 is 0 Å². The van der Waals surface area contributed by atoms with Crippen molar-refractivity contribution in [2.24, 2.45) is 0 Å². The molecule has 0 saturated carbocycles. The van der Waals surface area contributed by atoms with E-state index in [1.807, 2.05) is 25.1 Å². The number of benzene rings is 1. The molecular formula is C17H16N6O3. The minimum atomic E-state index is -0.512. The summed E-state index contributed by atoms with van der Waals surface area (Å²) in [6.07, 6.45) is 1.28. The molecule has 3 aromatic heterocycles. The Kier molecular flexibility index (Phi) is 3.68. The first-order valence-corrected chi connectivity index (χ1v) is 7.93. The smallest absolute Gasteiger partial charge is 0.285 e. The molecule has 132 valence electrons. The molecule has 0 bridgehead atoms. The van der Waals surface area contributed by atoms with Gasteiger partial charge in [0.1, 0.15) is 17.1 Å². The monoisotopic (exact) mass is 352 g/mol. The first-order chi connectivity index (χ1) is 12.5. The third-order valence-corrected chi connectivity index (χ3v) is 4.02. The van der Waals surface area contributed by atoms with E-state index in [9.17, 15) is 9.59 Å². The number of aromatic amines is 2. The molecule has 1 aromatic carbocycles. The van der Waals surface area contributed by atoms with Crippen molar-refractivity contribution < 1.29 is 9.53 Å². The fraction of sp³-hybridized carbons (Fsp3) is 0.176. The zero-order valence-electron chi connectivity index (χ0n) is 14.2. The summed E-state index contributed by atoms with van der Waals surface area (Å²) in [6, 6.07) is 7.19. The van der Waals surface area contributed by atoms with Crippen molar-refractivity contribution >= 4 is 22.6 Å². The van der Waals surface area contributed by atoms with Gasteiger partial charge in [0.05, 0.1) is 24.7 Å². The Hall–Kier alpha value is -3.62. The molecule has 0 radical (unpaired) electrons. The first-order valence-electron chi connectivity index (χ1n) is 7.93. The van der Waals surface area contributed by atoms with Crippen molar-refractivity contribution in [1.82, 2.24) is 29.9 Å². The summed E-state index contributed by atoms with van der Waals surface area (Å²) in [5.41, 5.74) is 2.33. The van der Waals surface area contributed by atoms with E-state index >= 15 is 0 Å². The summed E-state index contributed by atoms with van der Waals surface area (Å²) in [7, 11) is 1.59. The standard InChI is InChI=1S/C17H16N6O3/c1-9-5-15-18-7-11(17(25)23(15)22-9)16(24)19-8-14-20-12-4-3-10(26-2)6-13(12)21-14/h3-7,22H,8H2,1-2H3,(H,19,24)(H,20,21). The normalized spacial score (nSPS) is 11.2. The predicted octanol–water partition coefficient (Wildman–Crippen LogP) is 1.15. The van der Waals surface area contributed by atoms with Gasteiger partial charge in [0, 0.05) is 24.0 Å². The molecular weight excluding hydrogens is 336 g/mol. The highest BCUT2D eigenvalue weighted by Crippen LogP contribution is 2.18. The van der Waals surface area contributed by atoms with Gasteiger partial charge in [-0.3, -0.25) is 14.7 Å². The molecule has 4 aromatic rings. The Balaban J connectivity index is 1.55. The molecule has 0 aliphatic carbocycles. The first kappa shape index (κ1) is 15.9. The number of nitrogens with zero attached hydrogens (tertiary/aromatic N) is 3. The van der Waals surface area contributed by atoms with Gasteiger partial charge in [0.15, 0.2) is 5.65 Å². The number of carbonyl (C=O) groups excluding carboxylic acids is 1. The third kappa shape index (κ3) is 2.69. The van der Waals surface area contributed by atoms with Crippen LogP contribution in [-0.4, -0.2) is 37.6 Å². The molecule has 0 fully saturated rings. The van der Waals surface area contributed by atoms with Gasteiger partial charge in [0.2, 0.25) is 0 Å². The van der Waals surface area contributed by atoms with Crippen LogP contribution in [0.1, 0.15) is 21.9 Å². The second kappa shape index (κ2) is 6.03. The summed E-state index contributed by atoms with van der Waals surface area (Å²) < 4.78 is 6.42. The Labute approximate surface area is 147 Å². The topological polar surface area (TPSA) is 117 Å². The maximum Gasteiger partial charge on any atom is 0.285 e. The zero-order valence-corrected chi connectivity index (χ0v) is 14.2. The van der Waals surface area contributed by atoms with Crippen molar-refractivity contribution in [2.75, 3.05) is 7.11 Å². The number of H-pyrrole nitrogens is 2. The van der Waals surface area contributed by atoms with Gasteiger partial charge in [-0.1, -0.05) is 0 Å². The van der Waals surface area contributed by atoms with Crippen molar-refractivity contribution in [3.05, 3.63) is 57.9 Å². The molecule has 3 N–H and O–H groups in total. The van der Waals surface area contributed by atoms with E-state index < -0.39 is 11.5 Å². The molecule has 3 heterocycles. The number of nitrogens with one attached hydrogen (secondary N) is 3. The van der Waals surface area contributed by atoms with E-state index in [0.717, 1.165) is 16.7 Å². The number of ether oxygens (including phenoxy) is 1. The molecule has 0 unspecified atom stereocenters. The van der Waals surface area contributed by atoms with Gasteiger partial charge < -0.3 is 15.0 Å². The fourth-order valence-electron chi connectivity index (χ4n) is 2.75. The van der Waals surface area contributed by atoms with Crippen molar-refractivity contribution in [3.8, 4) is 5.75 Å². The Morgan fingerprint density at radius 1 is 1.35 bits per heavy atom. The number of amides is 1. The molecule has 26 heavy (non-hydrogen) atoms. The number of aryl methyl sites for hydroxylation is 1. The van der Waals surface area contributed by atoms with E-state index in [0.29, 0.717) is 17.2 Å². The average molecular weight is 352 g/mol. The molecule has 9 heteroatoms. The van der Waals surface area contributed by atoms with Crippen LogP contribution in [-0.2, 0) is 6.54 Å². The number of fused-ring (bicyclic) bond motifs is 2. The minimum Gasteiger partial charge on any atom is -0.497 e. The number of carbonyl (C=O) groups is 1.